The maximum Gasteiger partial charge on any atom is 0.255 e. The molecular weight excluding hydrogens is 508 g/mol. The van der Waals surface area contributed by atoms with Crippen molar-refractivity contribution in [1.29, 1.82) is 5.26 Å². The van der Waals surface area contributed by atoms with Crippen LogP contribution in [-0.2, 0) is 28.1 Å². The van der Waals surface area contributed by atoms with Gasteiger partial charge in [0, 0.05) is 46.8 Å². The molecule has 7 rings (SSSR count). The summed E-state index contributed by atoms with van der Waals surface area (Å²) in [5.41, 5.74) is 5.21. The molecule has 1 atom stereocenters. The fraction of sp³-hybridized carbons (Fsp3) is 0.367. The number of nitrogens with one attached hydrogen (secondary N) is 1. The standard InChI is InChI=1S/C30H28N6O4/c31-13-19-1-3-21(4-2-19)36-16-20(14-32-36)15-34-11-9-30(10-12-34)18-40-27-23-17-35(25-7-8-26(37)33-28(25)38)29(39)22(23)5-6-24(27)30/h1-6,14,16,25H,7-12,15,17-18H2,(H,33,37,38)/t25-/m0/s1. The number of nitriles is 1. The zero-order chi connectivity index (χ0) is 27.4. The van der Waals surface area contributed by atoms with Crippen molar-refractivity contribution < 1.29 is 19.1 Å². The lowest BCUT2D eigenvalue weighted by molar-refractivity contribution is -0.136. The van der Waals surface area contributed by atoms with Crippen molar-refractivity contribution in [3.63, 3.8) is 0 Å². The Labute approximate surface area is 231 Å². The monoisotopic (exact) mass is 536 g/mol. The van der Waals surface area contributed by atoms with E-state index in [-0.39, 0.29) is 23.7 Å². The van der Waals surface area contributed by atoms with Crippen molar-refractivity contribution >= 4 is 17.7 Å². The highest BCUT2D eigenvalue weighted by molar-refractivity contribution is 6.05. The first-order valence-corrected chi connectivity index (χ1v) is 13.6. The quantitative estimate of drug-likeness (QED) is 0.509. The van der Waals surface area contributed by atoms with Crippen LogP contribution in [-0.4, -0.2) is 63.0 Å². The molecule has 0 aliphatic carbocycles. The summed E-state index contributed by atoms with van der Waals surface area (Å²) < 4.78 is 8.14. The van der Waals surface area contributed by atoms with Gasteiger partial charge in [-0.05, 0) is 62.7 Å². The van der Waals surface area contributed by atoms with Gasteiger partial charge in [0.2, 0.25) is 11.8 Å². The molecule has 1 N–H and O–H groups in total. The van der Waals surface area contributed by atoms with Gasteiger partial charge in [0.15, 0.2) is 0 Å². The molecule has 0 radical (unpaired) electrons. The van der Waals surface area contributed by atoms with E-state index in [0.717, 1.165) is 60.6 Å². The number of carbonyl (C=O) groups is 3. The molecule has 4 aliphatic rings. The van der Waals surface area contributed by atoms with Crippen molar-refractivity contribution in [2.45, 2.75) is 50.2 Å². The third kappa shape index (κ3) is 3.97. The number of carbonyl (C=O) groups excluding carboxylic acids is 3. The van der Waals surface area contributed by atoms with Gasteiger partial charge in [-0.1, -0.05) is 6.07 Å². The van der Waals surface area contributed by atoms with E-state index in [1.54, 1.807) is 17.0 Å². The van der Waals surface area contributed by atoms with Crippen molar-refractivity contribution in [1.82, 2.24) is 24.9 Å². The van der Waals surface area contributed by atoms with E-state index < -0.39 is 11.9 Å². The smallest absolute Gasteiger partial charge is 0.255 e. The van der Waals surface area contributed by atoms with Gasteiger partial charge >= 0.3 is 0 Å². The highest BCUT2D eigenvalue weighted by atomic mass is 16.5. The van der Waals surface area contributed by atoms with Crippen LogP contribution in [0.25, 0.3) is 5.69 Å². The first-order chi connectivity index (χ1) is 19.4. The molecule has 0 unspecified atom stereocenters. The summed E-state index contributed by atoms with van der Waals surface area (Å²) in [5.74, 6) is -0.0599. The fourth-order valence-electron chi connectivity index (χ4n) is 6.57. The van der Waals surface area contributed by atoms with E-state index in [2.05, 4.69) is 21.4 Å². The summed E-state index contributed by atoms with van der Waals surface area (Å²) in [6.07, 6.45) is 6.42. The molecule has 2 fully saturated rings. The molecule has 1 aromatic heterocycles. The number of amides is 3. The Hall–Kier alpha value is -4.49. The molecule has 0 bridgehead atoms. The topological polar surface area (TPSA) is 121 Å². The summed E-state index contributed by atoms with van der Waals surface area (Å²) in [4.78, 5) is 41.3. The number of likely N-dealkylation sites (tertiary alicyclic amines) is 1. The van der Waals surface area contributed by atoms with E-state index in [1.807, 2.05) is 41.3 Å². The Balaban J connectivity index is 1.03. The molecule has 2 saturated heterocycles. The van der Waals surface area contributed by atoms with Crippen LogP contribution in [0, 0.1) is 11.3 Å². The number of hydrogen-bond donors (Lipinski definition) is 1. The Bertz CT molecular complexity index is 1580. The average molecular weight is 537 g/mol. The lowest BCUT2D eigenvalue weighted by atomic mass is 9.74. The third-order valence-electron chi connectivity index (χ3n) is 8.85. The summed E-state index contributed by atoms with van der Waals surface area (Å²) in [6, 6.07) is 12.8. The van der Waals surface area contributed by atoms with Crippen molar-refractivity contribution in [2.24, 2.45) is 0 Å². The predicted octanol–water partition coefficient (Wildman–Crippen LogP) is 2.43. The zero-order valence-corrected chi connectivity index (χ0v) is 21.9. The molecule has 0 saturated carbocycles. The molecule has 10 heteroatoms. The fourth-order valence-corrected chi connectivity index (χ4v) is 6.57. The molecule has 4 aliphatic heterocycles. The maximum atomic E-state index is 13.2. The number of imide groups is 1. The summed E-state index contributed by atoms with van der Waals surface area (Å²) in [5, 5.41) is 15.9. The van der Waals surface area contributed by atoms with Crippen LogP contribution in [0.1, 0.15) is 58.3 Å². The number of hydrogen-bond acceptors (Lipinski definition) is 7. The van der Waals surface area contributed by atoms with Gasteiger partial charge < -0.3 is 9.64 Å². The van der Waals surface area contributed by atoms with Gasteiger partial charge in [-0.15, -0.1) is 0 Å². The molecule has 40 heavy (non-hydrogen) atoms. The highest BCUT2D eigenvalue weighted by Gasteiger charge is 2.47. The van der Waals surface area contributed by atoms with Crippen LogP contribution in [0.3, 0.4) is 0 Å². The van der Waals surface area contributed by atoms with Gasteiger partial charge in [0.05, 0.1) is 36.7 Å². The largest absolute Gasteiger partial charge is 0.492 e. The lowest BCUT2D eigenvalue weighted by Crippen LogP contribution is -2.52. The van der Waals surface area contributed by atoms with Crippen LogP contribution in [0.15, 0.2) is 48.8 Å². The number of piperidine rings is 2. The van der Waals surface area contributed by atoms with Gasteiger partial charge in [0.25, 0.3) is 5.91 Å². The maximum absolute atomic E-state index is 13.2. The summed E-state index contributed by atoms with van der Waals surface area (Å²) >= 11 is 0. The first kappa shape index (κ1) is 24.5. The van der Waals surface area contributed by atoms with Crippen LogP contribution in [0.4, 0.5) is 0 Å². The third-order valence-corrected chi connectivity index (χ3v) is 8.85. The average Bonchev–Trinajstić information content (AvgIpc) is 3.67. The lowest BCUT2D eigenvalue weighted by Gasteiger charge is -2.38. The number of aromatic nitrogens is 2. The van der Waals surface area contributed by atoms with Crippen molar-refractivity contribution in [3.8, 4) is 17.5 Å². The molecule has 2 aromatic carbocycles. The minimum atomic E-state index is -0.631. The Morgan fingerprint density at radius 2 is 1.90 bits per heavy atom. The Kier molecular flexibility index (Phi) is 5.71. The Morgan fingerprint density at radius 3 is 2.65 bits per heavy atom. The number of fused-ring (bicyclic) bond motifs is 4. The van der Waals surface area contributed by atoms with Gasteiger partial charge in [-0.3, -0.25) is 24.6 Å². The van der Waals surface area contributed by atoms with Gasteiger partial charge in [-0.2, -0.15) is 10.4 Å². The molecule has 3 aromatic rings. The number of benzene rings is 2. The highest BCUT2D eigenvalue weighted by Crippen LogP contribution is 2.49. The number of nitrogens with zero attached hydrogens (tertiary/aromatic N) is 5. The Morgan fingerprint density at radius 1 is 1.10 bits per heavy atom. The van der Waals surface area contributed by atoms with Crippen LogP contribution in [0.2, 0.25) is 0 Å². The second kappa shape index (κ2) is 9.31. The van der Waals surface area contributed by atoms with E-state index in [0.29, 0.717) is 30.7 Å². The minimum absolute atomic E-state index is 0.0847. The van der Waals surface area contributed by atoms with Crippen LogP contribution < -0.4 is 10.1 Å². The van der Waals surface area contributed by atoms with E-state index in [9.17, 15) is 14.4 Å². The molecule has 1 spiro atoms. The van der Waals surface area contributed by atoms with Crippen molar-refractivity contribution in [3.05, 3.63) is 76.6 Å². The van der Waals surface area contributed by atoms with E-state index in [1.165, 1.54) is 0 Å². The number of ether oxygens (including phenoxy) is 1. The van der Waals surface area contributed by atoms with Gasteiger partial charge in [0.1, 0.15) is 11.8 Å². The van der Waals surface area contributed by atoms with E-state index in [4.69, 9.17) is 10.00 Å². The second-order valence-electron chi connectivity index (χ2n) is 11.2. The van der Waals surface area contributed by atoms with Crippen molar-refractivity contribution in [2.75, 3.05) is 19.7 Å². The van der Waals surface area contributed by atoms with E-state index >= 15 is 0 Å². The normalized spacial score (nSPS) is 21.6. The molecule has 3 amide bonds. The summed E-state index contributed by atoms with van der Waals surface area (Å²) in [7, 11) is 0. The molecule has 202 valence electrons. The molecule has 10 nitrogen and oxygen atoms in total. The number of rotatable bonds is 4. The summed E-state index contributed by atoms with van der Waals surface area (Å²) in [6.45, 7) is 3.57. The SMILES string of the molecule is N#Cc1ccc(-n2cc(CN3CCC4(CC3)COc3c4ccc4c3CN([C@H]3CCC(=O)NC3=O)C4=O)cn2)cc1. The first-order valence-electron chi connectivity index (χ1n) is 13.6. The van der Waals surface area contributed by atoms with Crippen LogP contribution in [0.5, 0.6) is 5.75 Å². The minimum Gasteiger partial charge on any atom is -0.492 e. The van der Waals surface area contributed by atoms with Crippen LogP contribution >= 0.6 is 0 Å². The van der Waals surface area contributed by atoms with Gasteiger partial charge in [-0.25, -0.2) is 4.68 Å². The second-order valence-corrected chi connectivity index (χ2v) is 11.2. The predicted molar refractivity (Wildman–Crippen MR) is 142 cm³/mol. The molecular formula is C30H28N6O4. The zero-order valence-electron chi connectivity index (χ0n) is 21.9. The molecule has 5 heterocycles.